The fourth-order valence-electron chi connectivity index (χ4n) is 4.36. The first kappa shape index (κ1) is 18.4. The van der Waals surface area contributed by atoms with Crippen LogP contribution in [0.1, 0.15) is 53.4 Å². The fourth-order valence-corrected chi connectivity index (χ4v) is 6.76. The Hall–Kier alpha value is -0.950. The molecule has 0 radical (unpaired) electrons. The predicted molar refractivity (Wildman–Crippen MR) is 86.2 cm³/mol. The Morgan fingerprint density at radius 2 is 2.00 bits per heavy atom. The van der Waals surface area contributed by atoms with Gasteiger partial charge < -0.3 is 4.74 Å². The Labute approximate surface area is 138 Å². The standard InChI is InChI=1S/C16H27NO5S/c1-10(2)8-12(14(19)22-5)17-23(20,21)16-7-6-11(9-13(16)18)15(16,3)4/h10-12,17H,6-9H2,1-5H3/t11-,12+,16-/m0/s1. The number of carbonyl (C=O) groups excluding carboxylic acids is 2. The molecule has 0 aromatic heterocycles. The van der Waals surface area contributed by atoms with E-state index in [1.54, 1.807) is 0 Å². The van der Waals surface area contributed by atoms with Crippen molar-refractivity contribution in [3.63, 3.8) is 0 Å². The van der Waals surface area contributed by atoms with E-state index in [0.29, 0.717) is 19.3 Å². The van der Waals surface area contributed by atoms with E-state index < -0.39 is 32.2 Å². The summed E-state index contributed by atoms with van der Waals surface area (Å²) in [6.07, 6.45) is 1.70. The lowest BCUT2D eigenvalue weighted by Crippen LogP contribution is -2.58. The van der Waals surface area contributed by atoms with Gasteiger partial charge in [0.1, 0.15) is 10.8 Å². The number of rotatable bonds is 6. The molecule has 2 fully saturated rings. The molecule has 2 aliphatic carbocycles. The van der Waals surface area contributed by atoms with Crippen molar-refractivity contribution in [3.05, 3.63) is 0 Å². The molecule has 1 N–H and O–H groups in total. The SMILES string of the molecule is COC(=O)[C@@H](CC(C)C)NS(=O)(=O)[C@@]12CC[C@@H](CC1=O)C2(C)C. The molecule has 0 amide bonds. The molecule has 7 heteroatoms. The van der Waals surface area contributed by atoms with Crippen molar-refractivity contribution in [2.24, 2.45) is 17.3 Å². The Bertz CT molecular complexity index is 610. The van der Waals surface area contributed by atoms with E-state index in [0.717, 1.165) is 6.42 Å². The van der Waals surface area contributed by atoms with E-state index in [-0.39, 0.29) is 17.6 Å². The molecule has 0 aromatic rings. The van der Waals surface area contributed by atoms with E-state index in [2.05, 4.69) is 4.72 Å². The van der Waals surface area contributed by atoms with Crippen LogP contribution in [0.3, 0.4) is 0 Å². The van der Waals surface area contributed by atoms with Crippen molar-refractivity contribution in [2.45, 2.75) is 64.2 Å². The van der Waals surface area contributed by atoms with E-state index in [4.69, 9.17) is 4.74 Å². The van der Waals surface area contributed by atoms with Gasteiger partial charge in [-0.2, -0.15) is 0 Å². The summed E-state index contributed by atoms with van der Waals surface area (Å²) in [5.41, 5.74) is -0.617. The molecule has 0 spiro atoms. The zero-order chi connectivity index (χ0) is 17.6. The number of nitrogens with one attached hydrogen (secondary N) is 1. The second-order valence-corrected chi connectivity index (χ2v) is 9.68. The van der Waals surface area contributed by atoms with Crippen LogP contribution in [0.2, 0.25) is 0 Å². The summed E-state index contributed by atoms with van der Waals surface area (Å²) in [6, 6.07) is -0.956. The number of methoxy groups -OCH3 is 1. The highest BCUT2D eigenvalue weighted by Crippen LogP contribution is 2.61. The van der Waals surface area contributed by atoms with Crippen molar-refractivity contribution >= 4 is 21.8 Å². The van der Waals surface area contributed by atoms with Crippen LogP contribution in [-0.2, 0) is 24.3 Å². The van der Waals surface area contributed by atoms with Gasteiger partial charge in [-0.15, -0.1) is 0 Å². The lowest BCUT2D eigenvalue weighted by molar-refractivity contribution is -0.143. The largest absolute Gasteiger partial charge is 0.468 e. The van der Waals surface area contributed by atoms with Crippen LogP contribution in [0.5, 0.6) is 0 Å². The van der Waals surface area contributed by atoms with Gasteiger partial charge in [0.25, 0.3) is 0 Å². The van der Waals surface area contributed by atoms with E-state index in [1.165, 1.54) is 7.11 Å². The summed E-state index contributed by atoms with van der Waals surface area (Å²) in [7, 11) is -2.75. The molecule has 132 valence electrons. The second kappa shape index (κ2) is 5.84. The van der Waals surface area contributed by atoms with Gasteiger partial charge in [-0.1, -0.05) is 27.7 Å². The van der Waals surface area contributed by atoms with Gasteiger partial charge in [-0.05, 0) is 36.5 Å². The first-order valence-corrected chi connectivity index (χ1v) is 9.61. The molecule has 2 bridgehead atoms. The summed E-state index contributed by atoms with van der Waals surface area (Å²) in [6.45, 7) is 7.51. The number of sulfonamides is 1. The number of Topliss-reactive ketones (excluding diaryl/α,β-unsaturated/α-hetero) is 1. The average Bonchev–Trinajstić information content (AvgIpc) is 2.80. The molecular formula is C16H27NO5S. The maximum Gasteiger partial charge on any atom is 0.323 e. The second-order valence-electron chi connectivity index (χ2n) is 7.74. The highest BCUT2D eigenvalue weighted by atomic mass is 32.2. The summed E-state index contributed by atoms with van der Waals surface area (Å²) in [5, 5.41) is 0. The lowest BCUT2D eigenvalue weighted by Gasteiger charge is -2.36. The fraction of sp³-hybridized carbons (Fsp3) is 0.875. The molecule has 0 unspecified atom stereocenters. The van der Waals surface area contributed by atoms with Gasteiger partial charge in [0.2, 0.25) is 10.0 Å². The van der Waals surface area contributed by atoms with E-state index >= 15 is 0 Å². The normalized spacial score (nSPS) is 30.7. The monoisotopic (exact) mass is 345 g/mol. The average molecular weight is 345 g/mol. The minimum atomic E-state index is -3.99. The molecule has 0 heterocycles. The smallest absolute Gasteiger partial charge is 0.323 e. The van der Waals surface area contributed by atoms with Crippen molar-refractivity contribution in [2.75, 3.05) is 7.11 Å². The minimum absolute atomic E-state index is 0.0910. The molecule has 2 saturated carbocycles. The molecule has 0 aliphatic heterocycles. The number of ether oxygens (including phenoxy) is 1. The highest BCUT2D eigenvalue weighted by molar-refractivity contribution is 7.91. The summed E-state index contributed by atoms with van der Waals surface area (Å²) >= 11 is 0. The van der Waals surface area contributed by atoms with Crippen molar-refractivity contribution < 1.29 is 22.7 Å². The minimum Gasteiger partial charge on any atom is -0.468 e. The number of ketones is 1. The highest BCUT2D eigenvalue weighted by Gasteiger charge is 2.71. The Kier molecular flexibility index (Phi) is 4.67. The number of hydrogen-bond acceptors (Lipinski definition) is 5. The first-order valence-electron chi connectivity index (χ1n) is 8.12. The Morgan fingerprint density at radius 3 is 2.39 bits per heavy atom. The number of hydrogen-bond donors (Lipinski definition) is 1. The van der Waals surface area contributed by atoms with Gasteiger partial charge in [0, 0.05) is 6.42 Å². The van der Waals surface area contributed by atoms with Crippen LogP contribution in [0.4, 0.5) is 0 Å². The van der Waals surface area contributed by atoms with Crippen LogP contribution in [-0.4, -0.2) is 38.1 Å². The van der Waals surface area contributed by atoms with Gasteiger partial charge in [-0.3, -0.25) is 9.59 Å². The number of esters is 1. The molecule has 2 aliphatic rings. The van der Waals surface area contributed by atoms with Crippen molar-refractivity contribution in [1.29, 1.82) is 0 Å². The Balaban J connectivity index is 2.37. The third kappa shape index (κ3) is 2.61. The molecule has 23 heavy (non-hydrogen) atoms. The van der Waals surface area contributed by atoms with Crippen LogP contribution in [0.15, 0.2) is 0 Å². The predicted octanol–water partition coefficient (Wildman–Crippen LogP) is 1.64. The molecule has 2 rings (SSSR count). The maximum atomic E-state index is 13.1. The van der Waals surface area contributed by atoms with Gasteiger partial charge >= 0.3 is 5.97 Å². The lowest BCUT2D eigenvalue weighted by atomic mass is 9.81. The molecule has 3 atom stereocenters. The quantitative estimate of drug-likeness (QED) is 0.739. The number of fused-ring (bicyclic) bond motifs is 2. The van der Waals surface area contributed by atoms with Crippen molar-refractivity contribution in [1.82, 2.24) is 4.72 Å². The maximum absolute atomic E-state index is 13.1. The van der Waals surface area contributed by atoms with Crippen LogP contribution in [0.25, 0.3) is 0 Å². The first-order chi connectivity index (χ1) is 10.5. The van der Waals surface area contributed by atoms with Gasteiger partial charge in [-0.25, -0.2) is 13.1 Å². The van der Waals surface area contributed by atoms with Crippen LogP contribution >= 0.6 is 0 Å². The third-order valence-corrected chi connectivity index (χ3v) is 8.21. The molecule has 6 nitrogen and oxygen atoms in total. The molecular weight excluding hydrogens is 318 g/mol. The van der Waals surface area contributed by atoms with Gasteiger partial charge in [0.15, 0.2) is 5.78 Å². The summed E-state index contributed by atoms with van der Waals surface area (Å²) in [4.78, 5) is 24.5. The summed E-state index contributed by atoms with van der Waals surface area (Å²) < 4.78 is 32.0. The topological polar surface area (TPSA) is 89.5 Å². The Morgan fingerprint density at radius 1 is 1.39 bits per heavy atom. The van der Waals surface area contributed by atoms with Crippen LogP contribution < -0.4 is 4.72 Å². The van der Waals surface area contributed by atoms with E-state index in [1.807, 2.05) is 27.7 Å². The zero-order valence-corrected chi connectivity index (χ0v) is 15.3. The van der Waals surface area contributed by atoms with Crippen molar-refractivity contribution in [3.8, 4) is 0 Å². The van der Waals surface area contributed by atoms with Crippen LogP contribution in [0, 0.1) is 17.3 Å². The number of carbonyl (C=O) groups is 2. The molecule has 0 saturated heterocycles. The summed E-state index contributed by atoms with van der Waals surface area (Å²) in [5.74, 6) is -0.632. The third-order valence-electron chi connectivity index (χ3n) is 5.74. The molecule has 0 aromatic carbocycles. The zero-order valence-electron chi connectivity index (χ0n) is 14.5. The van der Waals surface area contributed by atoms with E-state index in [9.17, 15) is 18.0 Å². The van der Waals surface area contributed by atoms with Gasteiger partial charge in [0.05, 0.1) is 7.11 Å².